The van der Waals surface area contributed by atoms with E-state index in [1.54, 1.807) is 0 Å². The molecule has 1 aromatic heterocycles. The zero-order chi connectivity index (χ0) is 9.84. The molecule has 13 heavy (non-hydrogen) atoms. The Balaban J connectivity index is 2.84. The first-order chi connectivity index (χ1) is 6.15. The lowest BCUT2D eigenvalue weighted by Crippen LogP contribution is -2.16. The Labute approximate surface area is 75.1 Å². The summed E-state index contributed by atoms with van der Waals surface area (Å²) in [5, 5.41) is 26.6. The Hall–Kier alpha value is -1.64. The normalized spacial score (nSPS) is 14.5. The first-order valence-electron chi connectivity index (χ1n) is 3.62. The molecule has 0 radical (unpaired) electrons. The van der Waals surface area contributed by atoms with Crippen LogP contribution in [-0.4, -0.2) is 21.3 Å². The third-order valence-electron chi connectivity index (χ3n) is 1.54. The SMILES string of the molecule is N#CC(O)C(O)c1ccc(N)cn1. The van der Waals surface area contributed by atoms with E-state index in [4.69, 9.17) is 16.1 Å². The van der Waals surface area contributed by atoms with Gasteiger partial charge in [0.1, 0.15) is 6.10 Å². The minimum atomic E-state index is -1.46. The molecule has 0 aliphatic heterocycles. The molecular weight excluding hydrogens is 170 g/mol. The quantitative estimate of drug-likeness (QED) is 0.535. The van der Waals surface area contributed by atoms with E-state index in [2.05, 4.69) is 4.98 Å². The maximum Gasteiger partial charge on any atom is 0.171 e. The second kappa shape index (κ2) is 3.85. The number of anilines is 1. The van der Waals surface area contributed by atoms with Crippen molar-refractivity contribution < 1.29 is 10.2 Å². The number of hydrogen-bond acceptors (Lipinski definition) is 5. The summed E-state index contributed by atoms with van der Waals surface area (Å²) in [5.74, 6) is 0. The summed E-state index contributed by atoms with van der Waals surface area (Å²) < 4.78 is 0. The fourth-order valence-corrected chi connectivity index (χ4v) is 0.824. The molecule has 0 saturated carbocycles. The van der Waals surface area contributed by atoms with Crippen LogP contribution in [0.2, 0.25) is 0 Å². The summed E-state index contributed by atoms with van der Waals surface area (Å²) in [5.41, 5.74) is 6.05. The van der Waals surface area contributed by atoms with E-state index in [0.29, 0.717) is 5.69 Å². The Bertz CT molecular complexity index is 317. The third-order valence-corrected chi connectivity index (χ3v) is 1.54. The number of pyridine rings is 1. The zero-order valence-electron chi connectivity index (χ0n) is 6.75. The molecule has 1 aromatic rings. The van der Waals surface area contributed by atoms with Gasteiger partial charge < -0.3 is 15.9 Å². The number of hydrogen-bond donors (Lipinski definition) is 3. The van der Waals surface area contributed by atoms with Crippen molar-refractivity contribution >= 4 is 5.69 Å². The van der Waals surface area contributed by atoms with E-state index in [9.17, 15) is 5.11 Å². The van der Waals surface area contributed by atoms with Crippen LogP contribution in [0.1, 0.15) is 11.8 Å². The molecule has 0 saturated heterocycles. The molecule has 0 aliphatic carbocycles. The summed E-state index contributed by atoms with van der Waals surface area (Å²) in [7, 11) is 0. The molecule has 0 spiro atoms. The lowest BCUT2D eigenvalue weighted by atomic mass is 10.1. The summed E-state index contributed by atoms with van der Waals surface area (Å²) in [6, 6.07) is 4.51. The number of rotatable bonds is 2. The summed E-state index contributed by atoms with van der Waals surface area (Å²) >= 11 is 0. The number of nitrogen functional groups attached to an aromatic ring is 1. The number of nitriles is 1. The monoisotopic (exact) mass is 179 g/mol. The van der Waals surface area contributed by atoms with E-state index in [0.717, 1.165) is 0 Å². The van der Waals surface area contributed by atoms with Crippen molar-refractivity contribution in [1.29, 1.82) is 5.26 Å². The van der Waals surface area contributed by atoms with Gasteiger partial charge in [-0.1, -0.05) is 0 Å². The van der Waals surface area contributed by atoms with E-state index in [1.807, 2.05) is 0 Å². The third kappa shape index (κ3) is 2.15. The van der Waals surface area contributed by atoms with Gasteiger partial charge in [-0.25, -0.2) is 0 Å². The molecule has 0 aromatic carbocycles. The van der Waals surface area contributed by atoms with Crippen LogP contribution >= 0.6 is 0 Å². The maximum absolute atomic E-state index is 9.30. The van der Waals surface area contributed by atoms with Crippen LogP contribution in [0.25, 0.3) is 0 Å². The molecule has 0 bridgehead atoms. The molecule has 5 heteroatoms. The van der Waals surface area contributed by atoms with Gasteiger partial charge in [-0.3, -0.25) is 4.98 Å². The van der Waals surface area contributed by atoms with Gasteiger partial charge in [0, 0.05) is 0 Å². The predicted octanol–water partition coefficient (Wildman–Crippen LogP) is -0.418. The lowest BCUT2D eigenvalue weighted by molar-refractivity contribution is 0.0499. The smallest absolute Gasteiger partial charge is 0.171 e. The fourth-order valence-electron chi connectivity index (χ4n) is 0.824. The molecule has 0 amide bonds. The Morgan fingerprint density at radius 3 is 2.62 bits per heavy atom. The number of aliphatic hydroxyl groups excluding tert-OH is 2. The summed E-state index contributed by atoms with van der Waals surface area (Å²) in [6.45, 7) is 0. The van der Waals surface area contributed by atoms with Crippen molar-refractivity contribution in [1.82, 2.24) is 4.98 Å². The highest BCUT2D eigenvalue weighted by Crippen LogP contribution is 2.14. The minimum Gasteiger partial charge on any atom is -0.397 e. The number of nitrogens with zero attached hydrogens (tertiary/aromatic N) is 2. The molecule has 1 rings (SSSR count). The zero-order valence-corrected chi connectivity index (χ0v) is 6.75. The van der Waals surface area contributed by atoms with Crippen LogP contribution in [0.4, 0.5) is 5.69 Å². The highest BCUT2D eigenvalue weighted by Gasteiger charge is 2.18. The standard InChI is InChI=1S/C8H9N3O2/c9-3-7(12)8(13)6-2-1-5(10)4-11-6/h1-2,4,7-8,12-13H,10H2. The second-order valence-corrected chi connectivity index (χ2v) is 2.54. The van der Waals surface area contributed by atoms with Crippen molar-refractivity contribution in [2.45, 2.75) is 12.2 Å². The average molecular weight is 179 g/mol. The van der Waals surface area contributed by atoms with E-state index < -0.39 is 12.2 Å². The highest BCUT2D eigenvalue weighted by molar-refractivity contribution is 5.35. The van der Waals surface area contributed by atoms with E-state index in [1.165, 1.54) is 24.4 Å². The first kappa shape index (κ1) is 9.45. The second-order valence-electron chi connectivity index (χ2n) is 2.54. The van der Waals surface area contributed by atoms with Crippen LogP contribution < -0.4 is 5.73 Å². The van der Waals surface area contributed by atoms with Gasteiger partial charge in [0.25, 0.3) is 0 Å². The summed E-state index contributed by atoms with van der Waals surface area (Å²) in [6.07, 6.45) is -1.40. The average Bonchev–Trinajstić information content (AvgIpc) is 2.17. The molecule has 0 fully saturated rings. The molecule has 4 N–H and O–H groups in total. The first-order valence-corrected chi connectivity index (χ1v) is 3.62. The minimum absolute atomic E-state index is 0.225. The van der Waals surface area contributed by atoms with Gasteiger partial charge in [0.05, 0.1) is 23.6 Å². The van der Waals surface area contributed by atoms with Crippen molar-refractivity contribution in [2.24, 2.45) is 0 Å². The molecular formula is C8H9N3O2. The molecule has 2 atom stereocenters. The van der Waals surface area contributed by atoms with Gasteiger partial charge in [-0.05, 0) is 12.1 Å². The van der Waals surface area contributed by atoms with E-state index >= 15 is 0 Å². The van der Waals surface area contributed by atoms with Crippen molar-refractivity contribution in [3.63, 3.8) is 0 Å². The lowest BCUT2D eigenvalue weighted by Gasteiger charge is -2.10. The van der Waals surface area contributed by atoms with Gasteiger partial charge in [-0.2, -0.15) is 5.26 Å². The van der Waals surface area contributed by atoms with Crippen LogP contribution in [0.5, 0.6) is 0 Å². The molecule has 0 aliphatic rings. The number of nitrogens with two attached hydrogens (primary N) is 1. The predicted molar refractivity (Wildman–Crippen MR) is 45.2 cm³/mol. The van der Waals surface area contributed by atoms with Crippen LogP contribution in [0.3, 0.4) is 0 Å². The highest BCUT2D eigenvalue weighted by atomic mass is 16.3. The van der Waals surface area contributed by atoms with Crippen molar-refractivity contribution in [3.05, 3.63) is 24.0 Å². The Kier molecular flexibility index (Phi) is 2.80. The fraction of sp³-hybridized carbons (Fsp3) is 0.250. The number of aromatic nitrogens is 1. The Morgan fingerprint density at radius 1 is 1.46 bits per heavy atom. The van der Waals surface area contributed by atoms with Gasteiger partial charge >= 0.3 is 0 Å². The molecule has 1 heterocycles. The molecule has 5 nitrogen and oxygen atoms in total. The molecule has 2 unspecified atom stereocenters. The largest absolute Gasteiger partial charge is 0.397 e. The number of aliphatic hydroxyl groups is 2. The van der Waals surface area contributed by atoms with Crippen LogP contribution in [-0.2, 0) is 0 Å². The van der Waals surface area contributed by atoms with Gasteiger partial charge in [-0.15, -0.1) is 0 Å². The topological polar surface area (TPSA) is 103 Å². The maximum atomic E-state index is 9.30. The molecule has 68 valence electrons. The van der Waals surface area contributed by atoms with Crippen molar-refractivity contribution in [3.8, 4) is 6.07 Å². The van der Waals surface area contributed by atoms with Gasteiger partial charge in [0.2, 0.25) is 0 Å². The van der Waals surface area contributed by atoms with Gasteiger partial charge in [0.15, 0.2) is 6.10 Å². The van der Waals surface area contributed by atoms with E-state index in [-0.39, 0.29) is 5.69 Å². The van der Waals surface area contributed by atoms with Crippen molar-refractivity contribution in [2.75, 3.05) is 5.73 Å². The van der Waals surface area contributed by atoms with Crippen LogP contribution in [0.15, 0.2) is 18.3 Å². The van der Waals surface area contributed by atoms with Crippen LogP contribution in [0, 0.1) is 11.3 Å². The summed E-state index contributed by atoms with van der Waals surface area (Å²) in [4.78, 5) is 3.76. The Morgan fingerprint density at radius 2 is 2.15 bits per heavy atom.